The number of furan rings is 1. The highest BCUT2D eigenvalue weighted by Crippen LogP contribution is 2.30. The third-order valence-corrected chi connectivity index (χ3v) is 4.92. The molecular formula is C17H17ClN2O2. The molecule has 2 aliphatic rings. The van der Waals surface area contributed by atoms with Crippen molar-refractivity contribution in [2.75, 3.05) is 0 Å². The smallest absolute Gasteiger partial charge is 0.287 e. The van der Waals surface area contributed by atoms with Crippen molar-refractivity contribution in [3.8, 4) is 11.3 Å². The van der Waals surface area contributed by atoms with Crippen LogP contribution in [0.25, 0.3) is 11.3 Å². The van der Waals surface area contributed by atoms with Crippen LogP contribution in [0.1, 0.15) is 29.8 Å². The highest BCUT2D eigenvalue weighted by atomic mass is 35.5. The fourth-order valence-electron chi connectivity index (χ4n) is 3.49. The maximum absolute atomic E-state index is 12.3. The summed E-state index contributed by atoms with van der Waals surface area (Å²) >= 11 is 6.16. The van der Waals surface area contributed by atoms with Gasteiger partial charge in [-0.3, -0.25) is 4.79 Å². The molecule has 3 atom stereocenters. The molecule has 0 radical (unpaired) electrons. The van der Waals surface area contributed by atoms with E-state index in [9.17, 15) is 4.79 Å². The highest BCUT2D eigenvalue weighted by molar-refractivity contribution is 6.33. The van der Waals surface area contributed by atoms with E-state index in [1.807, 2.05) is 18.2 Å². The van der Waals surface area contributed by atoms with Gasteiger partial charge >= 0.3 is 0 Å². The lowest BCUT2D eigenvalue weighted by atomic mass is 9.95. The van der Waals surface area contributed by atoms with Crippen molar-refractivity contribution in [1.82, 2.24) is 10.6 Å². The van der Waals surface area contributed by atoms with Gasteiger partial charge in [-0.1, -0.05) is 23.7 Å². The first-order valence-electron chi connectivity index (χ1n) is 7.62. The highest BCUT2D eigenvalue weighted by Gasteiger charge is 2.39. The Bertz CT molecular complexity index is 712. The fraction of sp³-hybridized carbons (Fsp3) is 0.353. The topological polar surface area (TPSA) is 54.3 Å². The number of hydrogen-bond acceptors (Lipinski definition) is 3. The van der Waals surface area contributed by atoms with Crippen LogP contribution in [0, 0.1) is 0 Å². The van der Waals surface area contributed by atoms with Crippen LogP contribution in [0.15, 0.2) is 40.8 Å². The van der Waals surface area contributed by atoms with Gasteiger partial charge in [-0.15, -0.1) is 0 Å². The molecule has 114 valence electrons. The van der Waals surface area contributed by atoms with E-state index in [4.69, 9.17) is 16.0 Å². The molecule has 2 aliphatic heterocycles. The average Bonchev–Trinajstić information content (AvgIpc) is 3.24. The minimum Gasteiger partial charge on any atom is -0.451 e. The Morgan fingerprint density at radius 1 is 1.23 bits per heavy atom. The Hall–Kier alpha value is -1.78. The van der Waals surface area contributed by atoms with E-state index in [2.05, 4.69) is 10.6 Å². The number of nitrogens with one attached hydrogen (secondary N) is 2. The van der Waals surface area contributed by atoms with Crippen LogP contribution in [-0.4, -0.2) is 24.0 Å². The van der Waals surface area contributed by atoms with E-state index in [0.29, 0.717) is 28.6 Å². The Labute approximate surface area is 133 Å². The molecule has 2 fully saturated rings. The van der Waals surface area contributed by atoms with Crippen molar-refractivity contribution in [1.29, 1.82) is 0 Å². The number of amides is 1. The minimum absolute atomic E-state index is 0.155. The predicted octanol–water partition coefficient (Wildman–Crippen LogP) is 3.22. The molecule has 0 unspecified atom stereocenters. The molecule has 2 N–H and O–H groups in total. The molecule has 1 aromatic carbocycles. The second-order valence-electron chi connectivity index (χ2n) is 6.01. The first-order valence-corrected chi connectivity index (χ1v) is 8.00. The molecule has 2 saturated heterocycles. The van der Waals surface area contributed by atoms with Gasteiger partial charge in [-0.05, 0) is 43.5 Å². The molecule has 1 amide bonds. The summed E-state index contributed by atoms with van der Waals surface area (Å²) in [5.74, 6) is 0.789. The Morgan fingerprint density at radius 2 is 2.09 bits per heavy atom. The SMILES string of the molecule is O=C(N[C@@H]1C[C@H]2CC[C@@H]1N2)c1ccc(-c2ccccc2Cl)o1. The minimum atomic E-state index is -0.155. The summed E-state index contributed by atoms with van der Waals surface area (Å²) in [5, 5.41) is 7.20. The summed E-state index contributed by atoms with van der Waals surface area (Å²) in [6.07, 6.45) is 3.36. The number of fused-ring (bicyclic) bond motifs is 2. The van der Waals surface area contributed by atoms with E-state index in [1.54, 1.807) is 18.2 Å². The lowest BCUT2D eigenvalue weighted by Gasteiger charge is -2.20. The average molecular weight is 317 g/mol. The largest absolute Gasteiger partial charge is 0.451 e. The number of halogens is 1. The number of rotatable bonds is 3. The van der Waals surface area contributed by atoms with Crippen LogP contribution in [0.3, 0.4) is 0 Å². The summed E-state index contributed by atoms with van der Waals surface area (Å²) in [6.45, 7) is 0. The molecule has 0 aliphatic carbocycles. The standard InChI is InChI=1S/C17H17ClN2O2/c18-12-4-2-1-3-11(12)15-7-8-16(22-15)17(21)20-14-9-10-5-6-13(14)19-10/h1-4,7-8,10,13-14,19H,5-6,9H2,(H,20,21)/t10-,13+,14-/m1/s1. The molecule has 4 rings (SSSR count). The number of carbonyl (C=O) groups is 1. The van der Waals surface area contributed by atoms with Crippen LogP contribution in [0.4, 0.5) is 0 Å². The number of benzene rings is 1. The van der Waals surface area contributed by atoms with Gasteiger partial charge in [0.1, 0.15) is 5.76 Å². The van der Waals surface area contributed by atoms with Gasteiger partial charge < -0.3 is 15.1 Å². The lowest BCUT2D eigenvalue weighted by Crippen LogP contribution is -2.42. The van der Waals surface area contributed by atoms with Crippen molar-refractivity contribution < 1.29 is 9.21 Å². The first-order chi connectivity index (χ1) is 10.7. The molecule has 1 aromatic heterocycles. The van der Waals surface area contributed by atoms with E-state index < -0.39 is 0 Å². The number of hydrogen-bond donors (Lipinski definition) is 2. The van der Waals surface area contributed by atoms with Crippen LogP contribution in [0.5, 0.6) is 0 Å². The maximum atomic E-state index is 12.3. The normalized spacial score (nSPS) is 26.3. The summed E-state index contributed by atoms with van der Waals surface area (Å²) < 4.78 is 5.69. The van der Waals surface area contributed by atoms with Gasteiger partial charge in [0.15, 0.2) is 5.76 Å². The Kier molecular flexibility index (Phi) is 3.43. The molecule has 4 nitrogen and oxygen atoms in total. The monoisotopic (exact) mass is 316 g/mol. The third-order valence-electron chi connectivity index (χ3n) is 4.59. The van der Waals surface area contributed by atoms with Gasteiger partial charge in [0.25, 0.3) is 5.91 Å². The van der Waals surface area contributed by atoms with Gasteiger partial charge in [0, 0.05) is 23.7 Å². The Morgan fingerprint density at radius 3 is 2.82 bits per heavy atom. The molecule has 2 aromatic rings. The molecule has 22 heavy (non-hydrogen) atoms. The number of carbonyl (C=O) groups excluding carboxylic acids is 1. The van der Waals surface area contributed by atoms with Crippen molar-refractivity contribution in [3.05, 3.63) is 47.2 Å². The maximum Gasteiger partial charge on any atom is 0.287 e. The van der Waals surface area contributed by atoms with Gasteiger partial charge in [0.2, 0.25) is 0 Å². The van der Waals surface area contributed by atoms with Gasteiger partial charge in [-0.25, -0.2) is 0 Å². The van der Waals surface area contributed by atoms with E-state index in [-0.39, 0.29) is 11.9 Å². The van der Waals surface area contributed by atoms with Gasteiger partial charge in [-0.2, -0.15) is 0 Å². The first kappa shape index (κ1) is 13.9. The molecule has 2 bridgehead atoms. The summed E-state index contributed by atoms with van der Waals surface area (Å²) in [7, 11) is 0. The van der Waals surface area contributed by atoms with Crippen LogP contribution in [-0.2, 0) is 0 Å². The quantitative estimate of drug-likeness (QED) is 0.914. The van der Waals surface area contributed by atoms with Crippen molar-refractivity contribution in [3.63, 3.8) is 0 Å². The van der Waals surface area contributed by atoms with Crippen molar-refractivity contribution >= 4 is 17.5 Å². The summed E-state index contributed by atoms with van der Waals surface area (Å²) in [6, 6.07) is 12.1. The van der Waals surface area contributed by atoms with Crippen LogP contribution in [0.2, 0.25) is 5.02 Å². The summed E-state index contributed by atoms with van der Waals surface area (Å²) in [4.78, 5) is 12.3. The van der Waals surface area contributed by atoms with Gasteiger partial charge in [0.05, 0.1) is 5.02 Å². The fourth-order valence-corrected chi connectivity index (χ4v) is 3.72. The van der Waals surface area contributed by atoms with E-state index in [1.165, 1.54) is 6.42 Å². The molecule has 0 saturated carbocycles. The zero-order chi connectivity index (χ0) is 15.1. The zero-order valence-corrected chi connectivity index (χ0v) is 12.8. The second kappa shape index (κ2) is 5.45. The molecule has 3 heterocycles. The van der Waals surface area contributed by atoms with E-state index >= 15 is 0 Å². The molecular weight excluding hydrogens is 300 g/mol. The van der Waals surface area contributed by atoms with Crippen molar-refractivity contribution in [2.24, 2.45) is 0 Å². The van der Waals surface area contributed by atoms with Crippen molar-refractivity contribution in [2.45, 2.75) is 37.4 Å². The second-order valence-corrected chi connectivity index (χ2v) is 6.41. The zero-order valence-electron chi connectivity index (χ0n) is 12.0. The summed E-state index contributed by atoms with van der Waals surface area (Å²) in [5.41, 5.74) is 0.796. The van der Waals surface area contributed by atoms with Crippen LogP contribution < -0.4 is 10.6 Å². The molecule has 5 heteroatoms. The molecule has 0 spiro atoms. The Balaban J connectivity index is 1.49. The van der Waals surface area contributed by atoms with Crippen LogP contribution >= 0.6 is 11.6 Å². The lowest BCUT2D eigenvalue weighted by molar-refractivity contribution is 0.0903. The van der Waals surface area contributed by atoms with E-state index in [0.717, 1.165) is 18.4 Å². The third kappa shape index (κ3) is 2.42. The predicted molar refractivity (Wildman–Crippen MR) is 85.0 cm³/mol.